The smallest absolute Gasteiger partial charge is 0.199 e. The van der Waals surface area contributed by atoms with E-state index in [9.17, 15) is 13.7 Å². The van der Waals surface area contributed by atoms with Gasteiger partial charge in [-0.2, -0.15) is 5.26 Å². The minimum atomic E-state index is -3.86. The molecule has 0 fully saturated rings. The molecule has 2 aromatic rings. The van der Waals surface area contributed by atoms with Crippen LogP contribution in [0.25, 0.3) is 0 Å². The van der Waals surface area contributed by atoms with Crippen LogP contribution < -0.4 is 0 Å². The summed E-state index contributed by atoms with van der Waals surface area (Å²) in [6, 6.07) is 14.8. The Morgan fingerprint density at radius 2 is 1.26 bits per heavy atom. The molecule has 0 aliphatic rings. The van der Waals surface area contributed by atoms with Crippen molar-refractivity contribution in [3.05, 3.63) is 64.7 Å². The van der Waals surface area contributed by atoms with Crippen LogP contribution in [0.1, 0.15) is 86.8 Å². The lowest BCUT2D eigenvalue weighted by Gasteiger charge is -2.24. The maximum absolute atomic E-state index is 13.7. The van der Waals surface area contributed by atoms with Gasteiger partial charge in [-0.15, -0.1) is 0 Å². The molecule has 0 saturated heterocycles. The SMILES string of the molecule is CC(C)c1cc(C(C)C)c(S(=O)(=O)C(C#N)c2ccccc2)c(C(C)C)c1. The molecular weight excluding hydrogens is 354 g/mol. The van der Waals surface area contributed by atoms with Crippen LogP contribution in [0.3, 0.4) is 0 Å². The fraction of sp³-hybridized carbons (Fsp3) is 0.435. The summed E-state index contributed by atoms with van der Waals surface area (Å²) in [6.45, 7) is 12.2. The summed E-state index contributed by atoms with van der Waals surface area (Å²) in [5.74, 6) is 0.389. The predicted molar refractivity (Wildman–Crippen MR) is 111 cm³/mol. The Labute approximate surface area is 164 Å². The van der Waals surface area contributed by atoms with Gasteiger partial charge in [-0.05, 0) is 40.0 Å². The van der Waals surface area contributed by atoms with E-state index in [2.05, 4.69) is 13.8 Å². The normalized spacial score (nSPS) is 13.2. The first-order valence-electron chi connectivity index (χ1n) is 9.47. The Morgan fingerprint density at radius 1 is 0.778 bits per heavy atom. The van der Waals surface area contributed by atoms with Gasteiger partial charge in [-0.25, -0.2) is 8.42 Å². The molecule has 0 aromatic heterocycles. The van der Waals surface area contributed by atoms with Gasteiger partial charge in [0.15, 0.2) is 15.1 Å². The Morgan fingerprint density at radius 3 is 1.63 bits per heavy atom. The second-order valence-corrected chi connectivity index (χ2v) is 9.93. The molecule has 1 atom stereocenters. The molecule has 0 saturated carbocycles. The van der Waals surface area contributed by atoms with E-state index in [1.54, 1.807) is 24.3 Å². The third kappa shape index (κ3) is 4.25. The molecule has 3 nitrogen and oxygen atoms in total. The molecule has 0 radical (unpaired) electrons. The van der Waals surface area contributed by atoms with Crippen molar-refractivity contribution in [3.63, 3.8) is 0 Å². The van der Waals surface area contributed by atoms with Gasteiger partial charge in [-0.3, -0.25) is 0 Å². The molecule has 27 heavy (non-hydrogen) atoms. The van der Waals surface area contributed by atoms with E-state index < -0.39 is 15.1 Å². The van der Waals surface area contributed by atoms with Gasteiger partial charge < -0.3 is 0 Å². The number of benzene rings is 2. The van der Waals surface area contributed by atoms with Crippen molar-refractivity contribution in [3.8, 4) is 6.07 Å². The van der Waals surface area contributed by atoms with Crippen LogP contribution >= 0.6 is 0 Å². The van der Waals surface area contributed by atoms with Gasteiger partial charge in [0.2, 0.25) is 0 Å². The zero-order chi connectivity index (χ0) is 20.4. The van der Waals surface area contributed by atoms with Crippen molar-refractivity contribution in [1.29, 1.82) is 5.26 Å². The Bertz CT molecular complexity index is 907. The van der Waals surface area contributed by atoms with Crippen LogP contribution in [0.15, 0.2) is 47.4 Å². The largest absolute Gasteiger partial charge is 0.222 e. The molecule has 144 valence electrons. The van der Waals surface area contributed by atoms with E-state index in [4.69, 9.17) is 0 Å². The minimum Gasteiger partial charge on any atom is -0.222 e. The van der Waals surface area contributed by atoms with Crippen LogP contribution in [0.5, 0.6) is 0 Å². The van der Waals surface area contributed by atoms with Gasteiger partial charge in [0.1, 0.15) is 0 Å². The zero-order valence-electron chi connectivity index (χ0n) is 17.0. The van der Waals surface area contributed by atoms with E-state index in [0.717, 1.165) is 16.7 Å². The summed E-state index contributed by atoms with van der Waals surface area (Å²) >= 11 is 0. The summed E-state index contributed by atoms with van der Waals surface area (Å²) in [6.07, 6.45) is 0. The number of sulfone groups is 1. The highest BCUT2D eigenvalue weighted by Crippen LogP contribution is 2.40. The Hall–Kier alpha value is -2.12. The fourth-order valence-corrected chi connectivity index (χ4v) is 5.42. The summed E-state index contributed by atoms with van der Waals surface area (Å²) < 4.78 is 27.3. The zero-order valence-corrected chi connectivity index (χ0v) is 17.8. The Kier molecular flexibility index (Phi) is 6.49. The Balaban J connectivity index is 2.84. The molecule has 0 spiro atoms. The van der Waals surface area contributed by atoms with Gasteiger partial charge >= 0.3 is 0 Å². The van der Waals surface area contributed by atoms with Crippen molar-refractivity contribution in [2.45, 2.75) is 69.4 Å². The molecular formula is C23H29NO2S. The monoisotopic (exact) mass is 383 g/mol. The third-order valence-corrected chi connectivity index (χ3v) is 6.93. The topological polar surface area (TPSA) is 57.9 Å². The van der Waals surface area contributed by atoms with E-state index in [0.29, 0.717) is 16.4 Å². The first-order chi connectivity index (χ1) is 12.6. The number of nitriles is 1. The highest BCUT2D eigenvalue weighted by atomic mass is 32.2. The minimum absolute atomic E-state index is 0.0427. The first-order valence-corrected chi connectivity index (χ1v) is 11.0. The quantitative estimate of drug-likeness (QED) is 0.606. The molecule has 0 aliphatic heterocycles. The van der Waals surface area contributed by atoms with Gasteiger partial charge in [0, 0.05) is 0 Å². The average Bonchev–Trinajstić information content (AvgIpc) is 2.61. The van der Waals surface area contributed by atoms with Crippen molar-refractivity contribution in [2.75, 3.05) is 0 Å². The van der Waals surface area contributed by atoms with E-state index in [-0.39, 0.29) is 11.8 Å². The molecule has 1 unspecified atom stereocenters. The second-order valence-electron chi connectivity index (χ2n) is 7.96. The van der Waals surface area contributed by atoms with E-state index in [1.165, 1.54) is 0 Å². The lowest BCUT2D eigenvalue weighted by atomic mass is 9.89. The first kappa shape index (κ1) is 21.2. The molecule has 4 heteroatoms. The highest BCUT2D eigenvalue weighted by Gasteiger charge is 2.34. The maximum atomic E-state index is 13.7. The maximum Gasteiger partial charge on any atom is 0.199 e. The average molecular weight is 384 g/mol. The summed E-state index contributed by atoms with van der Waals surface area (Å²) in [5, 5.41) is 8.54. The predicted octanol–water partition coefficient (Wildman–Crippen LogP) is 6.10. The van der Waals surface area contributed by atoms with Crippen molar-refractivity contribution < 1.29 is 8.42 Å². The third-order valence-electron chi connectivity index (χ3n) is 4.89. The lowest BCUT2D eigenvalue weighted by Crippen LogP contribution is -2.18. The fourth-order valence-electron chi connectivity index (χ4n) is 3.29. The van der Waals surface area contributed by atoms with Crippen LogP contribution in [0.4, 0.5) is 0 Å². The summed E-state index contributed by atoms with van der Waals surface area (Å²) in [4.78, 5) is 0.340. The van der Waals surface area contributed by atoms with Crippen molar-refractivity contribution >= 4 is 9.84 Å². The standard InChI is InChI=1S/C23H29NO2S/c1-15(2)19-12-20(16(3)4)23(21(13-19)17(5)6)27(25,26)22(14-24)18-10-8-7-9-11-18/h7-13,15-17,22H,1-6H3. The molecule has 2 rings (SSSR count). The second kappa shape index (κ2) is 8.27. The van der Waals surface area contributed by atoms with Gasteiger partial charge in [0.25, 0.3) is 0 Å². The van der Waals surface area contributed by atoms with Crippen LogP contribution in [0, 0.1) is 11.3 Å². The summed E-state index contributed by atoms with van der Waals surface area (Å²) in [7, 11) is -3.86. The van der Waals surface area contributed by atoms with Crippen LogP contribution in [-0.2, 0) is 9.84 Å². The van der Waals surface area contributed by atoms with Crippen LogP contribution in [-0.4, -0.2) is 8.42 Å². The number of rotatable bonds is 6. The van der Waals surface area contributed by atoms with Gasteiger partial charge in [-0.1, -0.05) is 84.0 Å². The van der Waals surface area contributed by atoms with Gasteiger partial charge in [0.05, 0.1) is 11.0 Å². The molecule has 2 aromatic carbocycles. The number of hydrogen-bond donors (Lipinski definition) is 0. The van der Waals surface area contributed by atoms with Crippen molar-refractivity contribution in [1.82, 2.24) is 0 Å². The lowest BCUT2D eigenvalue weighted by molar-refractivity contribution is 0.585. The molecule has 0 heterocycles. The molecule has 0 bridgehead atoms. The molecule has 0 N–H and O–H groups in total. The molecule has 0 aliphatic carbocycles. The highest BCUT2D eigenvalue weighted by molar-refractivity contribution is 7.92. The van der Waals surface area contributed by atoms with E-state index in [1.807, 2.05) is 52.0 Å². The number of hydrogen-bond acceptors (Lipinski definition) is 3. The molecule has 0 amide bonds. The van der Waals surface area contributed by atoms with Crippen LogP contribution in [0.2, 0.25) is 0 Å². The van der Waals surface area contributed by atoms with Crippen molar-refractivity contribution in [2.24, 2.45) is 0 Å². The summed E-state index contributed by atoms with van der Waals surface area (Å²) in [5.41, 5.74) is 3.26. The van der Waals surface area contributed by atoms with E-state index >= 15 is 0 Å². The number of nitrogens with zero attached hydrogens (tertiary/aromatic N) is 1.